The van der Waals surface area contributed by atoms with Gasteiger partial charge in [0.1, 0.15) is 24.6 Å². The van der Waals surface area contributed by atoms with Crippen molar-refractivity contribution in [1.82, 2.24) is 5.32 Å². The molecule has 1 aliphatic heterocycles. The Morgan fingerprint density at radius 1 is 1.18 bits per heavy atom. The number of allylic oxidation sites excluding steroid dienone is 1. The third kappa shape index (κ3) is 6.48. The van der Waals surface area contributed by atoms with Gasteiger partial charge >= 0.3 is 5.97 Å². The second-order valence-corrected chi connectivity index (χ2v) is 10.3. The lowest BCUT2D eigenvalue weighted by Crippen LogP contribution is -2.39. The number of rotatable bonds is 7. The molecule has 0 spiro atoms. The SMILES string of the molecule is O=C1C[C@@H]2[C@@H](C#C[C@@H](O)COc3cccc(C(F)F)c3)[C@H](NC(=O)C3=CCC(c4ccccc4)CC3)C[C@@H]2O1. The fraction of sp³-hybridized carbons (Fsp3) is 0.419. The Labute approximate surface area is 226 Å². The fourth-order valence-electron chi connectivity index (χ4n) is 5.74. The van der Waals surface area contributed by atoms with E-state index in [9.17, 15) is 23.5 Å². The Morgan fingerprint density at radius 2 is 2.00 bits per heavy atom. The third-order valence-corrected chi connectivity index (χ3v) is 7.77. The van der Waals surface area contributed by atoms with Gasteiger partial charge in [0, 0.05) is 35.4 Å². The summed E-state index contributed by atoms with van der Waals surface area (Å²) >= 11 is 0. The molecule has 6 nitrogen and oxygen atoms in total. The molecule has 2 fully saturated rings. The smallest absolute Gasteiger partial charge is 0.306 e. The Bertz CT molecular complexity index is 1280. The van der Waals surface area contributed by atoms with Crippen LogP contribution in [0.25, 0.3) is 0 Å². The van der Waals surface area contributed by atoms with Crippen LogP contribution in [-0.2, 0) is 14.3 Å². The van der Waals surface area contributed by atoms with E-state index >= 15 is 0 Å². The van der Waals surface area contributed by atoms with Gasteiger partial charge in [0.2, 0.25) is 5.91 Å². The van der Waals surface area contributed by atoms with Gasteiger partial charge in [0.05, 0.1) is 6.42 Å². The van der Waals surface area contributed by atoms with E-state index in [1.807, 2.05) is 24.3 Å². The second-order valence-electron chi connectivity index (χ2n) is 10.3. The van der Waals surface area contributed by atoms with Crippen molar-refractivity contribution in [3.05, 3.63) is 77.4 Å². The molecule has 1 saturated heterocycles. The molecule has 0 bridgehead atoms. The van der Waals surface area contributed by atoms with Gasteiger partial charge < -0.3 is 19.9 Å². The molecule has 2 aromatic rings. The predicted octanol–water partition coefficient (Wildman–Crippen LogP) is 4.70. The lowest BCUT2D eigenvalue weighted by molar-refractivity contribution is -0.141. The maximum atomic E-state index is 13.1. The highest BCUT2D eigenvalue weighted by Crippen LogP contribution is 2.41. The van der Waals surface area contributed by atoms with Gasteiger partial charge in [-0.2, -0.15) is 0 Å². The van der Waals surface area contributed by atoms with E-state index in [4.69, 9.17) is 9.47 Å². The minimum Gasteiger partial charge on any atom is -0.490 e. The van der Waals surface area contributed by atoms with Gasteiger partial charge in [-0.25, -0.2) is 8.78 Å². The normalized spacial score (nSPS) is 26.6. The summed E-state index contributed by atoms with van der Waals surface area (Å²) in [5, 5.41) is 13.5. The number of aliphatic hydroxyl groups excluding tert-OH is 1. The van der Waals surface area contributed by atoms with Crippen LogP contribution in [0.3, 0.4) is 0 Å². The number of fused-ring (bicyclic) bond motifs is 1. The van der Waals surface area contributed by atoms with E-state index < -0.39 is 12.5 Å². The number of esters is 1. The number of aliphatic hydroxyl groups is 1. The number of carbonyl (C=O) groups is 2. The summed E-state index contributed by atoms with van der Waals surface area (Å²) in [6.07, 6.45) is 0.949. The molecule has 6 atom stereocenters. The molecule has 1 saturated carbocycles. The van der Waals surface area contributed by atoms with Crippen molar-refractivity contribution in [2.24, 2.45) is 11.8 Å². The Kier molecular flexibility index (Phi) is 8.27. The first-order chi connectivity index (χ1) is 18.9. The number of hydrogen-bond donors (Lipinski definition) is 2. The van der Waals surface area contributed by atoms with Gasteiger partial charge in [0.15, 0.2) is 0 Å². The molecule has 0 aromatic heterocycles. The number of nitrogens with one attached hydrogen (secondary N) is 1. The number of halogens is 2. The van der Waals surface area contributed by atoms with Crippen molar-refractivity contribution in [3.8, 4) is 17.6 Å². The Morgan fingerprint density at radius 3 is 2.74 bits per heavy atom. The molecule has 3 aliphatic rings. The van der Waals surface area contributed by atoms with E-state index in [0.717, 1.165) is 18.4 Å². The van der Waals surface area contributed by atoms with Crippen LogP contribution in [0, 0.1) is 23.7 Å². The topological polar surface area (TPSA) is 84.9 Å². The summed E-state index contributed by atoms with van der Waals surface area (Å²) in [5.74, 6) is 5.47. The molecule has 2 N–H and O–H groups in total. The van der Waals surface area contributed by atoms with Crippen LogP contribution in [0.1, 0.15) is 55.6 Å². The summed E-state index contributed by atoms with van der Waals surface area (Å²) in [7, 11) is 0. The Hall–Kier alpha value is -3.70. The lowest BCUT2D eigenvalue weighted by atomic mass is 9.84. The molecule has 39 heavy (non-hydrogen) atoms. The monoisotopic (exact) mass is 535 g/mol. The van der Waals surface area contributed by atoms with E-state index in [-0.39, 0.29) is 60.2 Å². The van der Waals surface area contributed by atoms with Gasteiger partial charge in [-0.05, 0) is 42.9 Å². The quantitative estimate of drug-likeness (QED) is 0.397. The molecular formula is C31H31F2NO5. The van der Waals surface area contributed by atoms with E-state index in [0.29, 0.717) is 18.8 Å². The van der Waals surface area contributed by atoms with Crippen LogP contribution in [-0.4, -0.2) is 41.8 Å². The lowest BCUT2D eigenvalue weighted by Gasteiger charge is -2.24. The third-order valence-electron chi connectivity index (χ3n) is 7.77. The summed E-state index contributed by atoms with van der Waals surface area (Å²) in [6, 6.07) is 15.5. The van der Waals surface area contributed by atoms with Crippen LogP contribution in [0.5, 0.6) is 5.75 Å². The fourth-order valence-corrected chi connectivity index (χ4v) is 5.74. The Balaban J connectivity index is 1.21. The van der Waals surface area contributed by atoms with Crippen molar-refractivity contribution < 1.29 is 33.0 Å². The molecule has 1 heterocycles. The standard InChI is InChI=1S/C31H31F2NO5/c32-30(33)22-7-4-8-24(15-22)38-18-23(35)13-14-25-26-16-29(36)39-28(26)17-27(25)34-31(37)21-11-9-20(10-12-21)19-5-2-1-3-6-19/h1-8,11,15,20,23,25-28,30,35H,9-10,12,16-18H2,(H,34,37)/t20?,23-,25-,26-,27-,28+/m1/s1. The maximum absolute atomic E-state index is 13.1. The van der Waals surface area contributed by atoms with Crippen molar-refractivity contribution in [3.63, 3.8) is 0 Å². The van der Waals surface area contributed by atoms with Gasteiger partial charge in [-0.3, -0.25) is 9.59 Å². The molecule has 204 valence electrons. The van der Waals surface area contributed by atoms with Crippen molar-refractivity contribution in [2.75, 3.05) is 6.61 Å². The summed E-state index contributed by atoms with van der Waals surface area (Å²) in [5.41, 5.74) is 1.86. The van der Waals surface area contributed by atoms with Crippen LogP contribution in [0.15, 0.2) is 66.2 Å². The molecular weight excluding hydrogens is 504 g/mol. The zero-order valence-electron chi connectivity index (χ0n) is 21.4. The van der Waals surface area contributed by atoms with E-state index in [1.165, 1.54) is 29.8 Å². The first-order valence-corrected chi connectivity index (χ1v) is 13.3. The average Bonchev–Trinajstić information content (AvgIpc) is 3.46. The largest absolute Gasteiger partial charge is 0.490 e. The predicted molar refractivity (Wildman–Crippen MR) is 140 cm³/mol. The molecule has 0 radical (unpaired) electrons. The van der Waals surface area contributed by atoms with E-state index in [1.54, 1.807) is 0 Å². The number of alkyl halides is 2. The molecule has 8 heteroatoms. The first kappa shape index (κ1) is 26.9. The second kappa shape index (κ2) is 12.0. The summed E-state index contributed by atoms with van der Waals surface area (Å²) in [6.45, 7) is -0.206. The van der Waals surface area contributed by atoms with Crippen LogP contribution < -0.4 is 10.1 Å². The zero-order chi connectivity index (χ0) is 27.4. The van der Waals surface area contributed by atoms with Gasteiger partial charge in [-0.15, -0.1) is 0 Å². The number of hydrogen-bond acceptors (Lipinski definition) is 5. The average molecular weight is 536 g/mol. The molecule has 1 unspecified atom stereocenters. The minimum absolute atomic E-state index is 0.132. The maximum Gasteiger partial charge on any atom is 0.306 e. The number of benzene rings is 2. The van der Waals surface area contributed by atoms with Crippen LogP contribution in [0.4, 0.5) is 8.78 Å². The number of ether oxygens (including phenoxy) is 2. The molecule has 1 amide bonds. The van der Waals surface area contributed by atoms with Gasteiger partial charge in [0.25, 0.3) is 6.43 Å². The highest BCUT2D eigenvalue weighted by Gasteiger charge is 2.50. The van der Waals surface area contributed by atoms with Crippen LogP contribution >= 0.6 is 0 Å². The van der Waals surface area contributed by atoms with Crippen molar-refractivity contribution in [1.29, 1.82) is 0 Å². The van der Waals surface area contributed by atoms with Gasteiger partial charge in [-0.1, -0.05) is 60.4 Å². The molecule has 2 aliphatic carbocycles. The molecule has 5 rings (SSSR count). The molecule has 2 aromatic carbocycles. The van der Waals surface area contributed by atoms with Crippen molar-refractivity contribution >= 4 is 11.9 Å². The zero-order valence-corrected chi connectivity index (χ0v) is 21.4. The highest BCUT2D eigenvalue weighted by molar-refractivity contribution is 5.93. The first-order valence-electron chi connectivity index (χ1n) is 13.3. The summed E-state index contributed by atoms with van der Waals surface area (Å²) < 4.78 is 36.7. The van der Waals surface area contributed by atoms with Crippen LogP contribution in [0.2, 0.25) is 0 Å². The van der Waals surface area contributed by atoms with Crippen molar-refractivity contribution in [2.45, 2.75) is 62.7 Å². The highest BCUT2D eigenvalue weighted by atomic mass is 19.3. The number of carbonyl (C=O) groups excluding carboxylic acids is 2. The van der Waals surface area contributed by atoms with E-state index in [2.05, 4.69) is 29.3 Å². The summed E-state index contributed by atoms with van der Waals surface area (Å²) in [4.78, 5) is 25.1. The minimum atomic E-state index is -2.62. The number of amides is 1.